The number of rotatable bonds is 3. The van der Waals surface area contributed by atoms with Crippen LogP contribution in [0.5, 0.6) is 0 Å². The number of allylic oxidation sites excluding steroid dienone is 2. The van der Waals surface area contributed by atoms with Gasteiger partial charge in [0.1, 0.15) is 0 Å². The molecule has 0 N–H and O–H groups in total. The smallest absolute Gasteiger partial charge is 0.312 e. The molecular formula is C17H24O2. The van der Waals surface area contributed by atoms with Crippen LogP contribution >= 0.6 is 0 Å². The van der Waals surface area contributed by atoms with Crippen LogP contribution in [0.1, 0.15) is 47.0 Å². The Morgan fingerprint density at radius 1 is 1.58 bits per heavy atom. The predicted molar refractivity (Wildman–Crippen MR) is 78.4 cm³/mol. The summed E-state index contributed by atoms with van der Waals surface area (Å²) >= 11 is 0. The van der Waals surface area contributed by atoms with E-state index in [1.807, 2.05) is 20.8 Å². The monoisotopic (exact) mass is 260 g/mol. The molecule has 0 aromatic rings. The van der Waals surface area contributed by atoms with Crippen molar-refractivity contribution < 1.29 is 9.53 Å². The van der Waals surface area contributed by atoms with Gasteiger partial charge in [0.05, 0.1) is 5.41 Å². The molecule has 0 saturated heterocycles. The molecule has 1 rings (SSSR count). The molecule has 0 radical (unpaired) electrons. The molecule has 1 aliphatic rings. The maximum absolute atomic E-state index is 11.9. The van der Waals surface area contributed by atoms with E-state index in [-0.39, 0.29) is 5.97 Å². The van der Waals surface area contributed by atoms with Crippen LogP contribution in [0.2, 0.25) is 0 Å². The third-order valence-electron chi connectivity index (χ3n) is 3.47. The molecule has 1 aliphatic carbocycles. The van der Waals surface area contributed by atoms with Gasteiger partial charge in [-0.1, -0.05) is 24.1 Å². The van der Waals surface area contributed by atoms with E-state index in [0.717, 1.165) is 24.8 Å². The Kier molecular flexibility index (Phi) is 5.00. The highest BCUT2D eigenvalue weighted by molar-refractivity contribution is 5.76. The van der Waals surface area contributed by atoms with Gasteiger partial charge in [-0.05, 0) is 58.4 Å². The molecule has 0 aromatic carbocycles. The fourth-order valence-electron chi connectivity index (χ4n) is 2.04. The molecule has 2 nitrogen and oxygen atoms in total. The fourth-order valence-corrected chi connectivity index (χ4v) is 2.04. The number of hydrogen-bond acceptors (Lipinski definition) is 2. The zero-order valence-electron chi connectivity index (χ0n) is 12.5. The van der Waals surface area contributed by atoms with E-state index in [0.29, 0.717) is 5.92 Å². The molecule has 0 aliphatic heterocycles. The first kappa shape index (κ1) is 15.6. The normalized spacial score (nSPS) is 21.0. The molecule has 0 fully saturated rings. The summed E-state index contributed by atoms with van der Waals surface area (Å²) in [5, 5.41) is 0. The van der Waals surface area contributed by atoms with Gasteiger partial charge in [0.25, 0.3) is 0 Å². The highest BCUT2D eigenvalue weighted by atomic mass is 16.5. The van der Waals surface area contributed by atoms with E-state index >= 15 is 0 Å². The van der Waals surface area contributed by atoms with Crippen LogP contribution in [0.25, 0.3) is 0 Å². The summed E-state index contributed by atoms with van der Waals surface area (Å²) < 4.78 is 5.43. The van der Waals surface area contributed by atoms with Crippen LogP contribution in [-0.2, 0) is 9.53 Å². The van der Waals surface area contributed by atoms with Gasteiger partial charge in [0, 0.05) is 0 Å². The predicted octanol–water partition coefficient (Wildman–Crippen LogP) is 3.88. The lowest BCUT2D eigenvalue weighted by molar-refractivity contribution is -0.154. The van der Waals surface area contributed by atoms with E-state index < -0.39 is 11.5 Å². The number of hydrogen-bond donors (Lipinski definition) is 0. The second kappa shape index (κ2) is 6.10. The second-order valence-electron chi connectivity index (χ2n) is 6.30. The minimum absolute atomic E-state index is 0.252. The van der Waals surface area contributed by atoms with Crippen LogP contribution in [-0.4, -0.2) is 12.1 Å². The Hall–Kier alpha value is -1.49. The third-order valence-corrected chi connectivity index (χ3v) is 3.47. The summed E-state index contributed by atoms with van der Waals surface area (Å²) in [6.45, 7) is 11.5. The van der Waals surface area contributed by atoms with E-state index in [1.54, 1.807) is 0 Å². The highest BCUT2D eigenvalue weighted by Gasteiger charge is 2.28. The lowest BCUT2D eigenvalue weighted by Gasteiger charge is -2.26. The van der Waals surface area contributed by atoms with Crippen LogP contribution in [0.3, 0.4) is 0 Å². The molecule has 0 saturated carbocycles. The average molecular weight is 260 g/mol. The SMILES string of the molecule is C#CC(OC(=O)C(C)(C)C)C1=CC[C@H](C(=C)C)CC1. The van der Waals surface area contributed by atoms with Crippen molar-refractivity contribution in [2.75, 3.05) is 0 Å². The van der Waals surface area contributed by atoms with Crippen LogP contribution < -0.4 is 0 Å². The summed E-state index contributed by atoms with van der Waals surface area (Å²) in [5.74, 6) is 2.86. The Bertz CT molecular complexity index is 429. The van der Waals surface area contributed by atoms with Crippen molar-refractivity contribution in [1.82, 2.24) is 0 Å². The molecule has 2 heteroatoms. The number of carbonyl (C=O) groups excluding carboxylic acids is 1. The zero-order valence-corrected chi connectivity index (χ0v) is 12.5. The average Bonchev–Trinajstić information content (AvgIpc) is 2.34. The summed E-state index contributed by atoms with van der Waals surface area (Å²) in [7, 11) is 0. The number of terminal acetylenes is 1. The maximum Gasteiger partial charge on any atom is 0.312 e. The van der Waals surface area contributed by atoms with Crippen molar-refractivity contribution in [3.63, 3.8) is 0 Å². The molecule has 0 amide bonds. The Morgan fingerprint density at radius 3 is 2.58 bits per heavy atom. The van der Waals surface area contributed by atoms with Crippen LogP contribution in [0, 0.1) is 23.7 Å². The molecule has 104 valence electrons. The topological polar surface area (TPSA) is 26.3 Å². The van der Waals surface area contributed by atoms with Crippen molar-refractivity contribution in [3.8, 4) is 12.3 Å². The third kappa shape index (κ3) is 4.28. The standard InChI is InChI=1S/C17H24O2/c1-7-15(19-16(18)17(4,5)6)14-10-8-13(9-11-14)12(2)3/h1,10,13,15H,2,8-9,11H2,3-6H3/t13-,15?/m0/s1. The van der Waals surface area contributed by atoms with Gasteiger partial charge in [-0.15, -0.1) is 6.42 Å². The Balaban J connectivity index is 2.71. The number of ether oxygens (including phenoxy) is 1. The molecule has 2 atom stereocenters. The lowest BCUT2D eigenvalue weighted by atomic mass is 9.84. The number of esters is 1. The van der Waals surface area contributed by atoms with Gasteiger partial charge >= 0.3 is 5.97 Å². The fraction of sp³-hybridized carbons (Fsp3) is 0.588. The van der Waals surface area contributed by atoms with Crippen molar-refractivity contribution in [2.45, 2.75) is 53.1 Å². The molecule has 0 aromatic heterocycles. The molecule has 19 heavy (non-hydrogen) atoms. The molecule has 0 bridgehead atoms. The van der Waals surface area contributed by atoms with Gasteiger partial charge in [-0.3, -0.25) is 4.79 Å². The van der Waals surface area contributed by atoms with E-state index in [9.17, 15) is 4.79 Å². The van der Waals surface area contributed by atoms with Gasteiger partial charge in [-0.2, -0.15) is 0 Å². The summed E-state index contributed by atoms with van der Waals surface area (Å²) in [5.41, 5.74) is 1.74. The molecule has 0 heterocycles. The lowest BCUT2D eigenvalue weighted by Crippen LogP contribution is -2.29. The van der Waals surface area contributed by atoms with E-state index in [2.05, 4.69) is 25.5 Å². The Labute approximate surface area is 116 Å². The minimum atomic E-state index is -0.523. The molecule has 1 unspecified atom stereocenters. The maximum atomic E-state index is 11.9. The second-order valence-corrected chi connectivity index (χ2v) is 6.30. The zero-order chi connectivity index (χ0) is 14.6. The summed E-state index contributed by atoms with van der Waals surface area (Å²) in [6.07, 6.45) is 9.96. The largest absolute Gasteiger partial charge is 0.444 e. The first-order chi connectivity index (χ1) is 8.75. The van der Waals surface area contributed by atoms with Gasteiger partial charge < -0.3 is 4.74 Å². The molecule has 0 spiro atoms. The van der Waals surface area contributed by atoms with Gasteiger partial charge in [0.2, 0.25) is 0 Å². The highest BCUT2D eigenvalue weighted by Crippen LogP contribution is 2.31. The van der Waals surface area contributed by atoms with Crippen molar-refractivity contribution >= 4 is 5.97 Å². The first-order valence-electron chi connectivity index (χ1n) is 6.77. The van der Waals surface area contributed by atoms with Crippen LogP contribution in [0.4, 0.5) is 0 Å². The Morgan fingerprint density at radius 2 is 2.21 bits per heavy atom. The minimum Gasteiger partial charge on any atom is -0.444 e. The first-order valence-corrected chi connectivity index (χ1v) is 6.77. The van der Waals surface area contributed by atoms with Gasteiger partial charge in [0.15, 0.2) is 6.10 Å². The molecular weight excluding hydrogens is 236 g/mol. The van der Waals surface area contributed by atoms with Crippen LogP contribution in [0.15, 0.2) is 23.8 Å². The van der Waals surface area contributed by atoms with E-state index in [1.165, 1.54) is 5.57 Å². The quantitative estimate of drug-likeness (QED) is 0.437. The van der Waals surface area contributed by atoms with E-state index in [4.69, 9.17) is 11.2 Å². The van der Waals surface area contributed by atoms with Crippen molar-refractivity contribution in [3.05, 3.63) is 23.8 Å². The number of carbonyl (C=O) groups is 1. The van der Waals surface area contributed by atoms with Crippen molar-refractivity contribution in [2.24, 2.45) is 11.3 Å². The summed E-state index contributed by atoms with van der Waals surface area (Å²) in [4.78, 5) is 11.9. The van der Waals surface area contributed by atoms with Crippen molar-refractivity contribution in [1.29, 1.82) is 0 Å². The summed E-state index contributed by atoms with van der Waals surface area (Å²) in [6, 6.07) is 0. The van der Waals surface area contributed by atoms with Gasteiger partial charge in [-0.25, -0.2) is 0 Å².